The molecule has 10 nitrogen and oxygen atoms in total. The molecule has 11 heteroatoms. The highest BCUT2D eigenvalue weighted by atomic mass is 32.2. The summed E-state index contributed by atoms with van der Waals surface area (Å²) in [6, 6.07) is 7.60. The quantitative estimate of drug-likeness (QED) is 0.262. The number of likely N-dealkylation sites (N-methyl/N-ethyl adjacent to an activating group) is 1. The van der Waals surface area contributed by atoms with Gasteiger partial charge < -0.3 is 27.0 Å². The number of carbonyl (C=O) groups is 5. The molecule has 0 aliphatic rings. The number of nitrogens with two attached hydrogens (primary N) is 1. The number of benzene rings is 1. The van der Waals surface area contributed by atoms with Gasteiger partial charge in [0.15, 0.2) is 0 Å². The van der Waals surface area contributed by atoms with Crippen LogP contribution in [0.5, 0.6) is 0 Å². The molecule has 0 aliphatic carbocycles. The standard InChI is InChI=1S/C19H27N5O5S/c1-12(25)23-15(19(29)22-9-16(20)26)10-30-11-17(27)24-14(18(28)21-2)8-13-6-4-3-5-7-13/h3-7,14-15H,8-11H2,1-2H3,(H2,20,26)(H,21,28)(H,22,29)(H,23,25)(H,24,27)/t14?,15-/m0/s1. The van der Waals surface area contributed by atoms with Crippen LogP contribution >= 0.6 is 11.8 Å². The molecule has 1 unspecified atom stereocenters. The molecule has 0 heterocycles. The summed E-state index contributed by atoms with van der Waals surface area (Å²) < 4.78 is 0. The lowest BCUT2D eigenvalue weighted by molar-refractivity contribution is -0.128. The third kappa shape index (κ3) is 9.92. The first-order chi connectivity index (χ1) is 14.2. The summed E-state index contributed by atoms with van der Waals surface area (Å²) in [5, 5.41) is 9.98. The minimum Gasteiger partial charge on any atom is -0.368 e. The van der Waals surface area contributed by atoms with E-state index in [0.717, 1.165) is 17.3 Å². The SMILES string of the molecule is CNC(=O)C(Cc1ccccc1)NC(=O)CSC[C@H](NC(C)=O)C(=O)NCC(N)=O. The lowest BCUT2D eigenvalue weighted by Gasteiger charge is -2.19. The van der Waals surface area contributed by atoms with Crippen molar-refractivity contribution >= 4 is 41.3 Å². The second-order valence-electron chi connectivity index (χ2n) is 6.38. The molecule has 6 N–H and O–H groups in total. The molecule has 30 heavy (non-hydrogen) atoms. The van der Waals surface area contributed by atoms with Crippen LogP contribution in [0.1, 0.15) is 12.5 Å². The fourth-order valence-electron chi connectivity index (χ4n) is 2.46. The van der Waals surface area contributed by atoms with E-state index >= 15 is 0 Å². The van der Waals surface area contributed by atoms with Gasteiger partial charge in [0.1, 0.15) is 12.1 Å². The molecule has 2 atom stereocenters. The van der Waals surface area contributed by atoms with Crippen LogP contribution in [-0.2, 0) is 30.4 Å². The van der Waals surface area contributed by atoms with E-state index in [2.05, 4.69) is 21.3 Å². The molecule has 0 radical (unpaired) electrons. The second kappa shape index (κ2) is 13.2. The van der Waals surface area contributed by atoms with Crippen LogP contribution in [0.2, 0.25) is 0 Å². The van der Waals surface area contributed by atoms with Crippen LogP contribution in [0.3, 0.4) is 0 Å². The molecule has 1 aromatic carbocycles. The zero-order chi connectivity index (χ0) is 22.5. The Bertz CT molecular complexity index is 759. The van der Waals surface area contributed by atoms with Crippen LogP contribution in [0.15, 0.2) is 30.3 Å². The Morgan fingerprint density at radius 2 is 1.67 bits per heavy atom. The fourth-order valence-corrected chi connectivity index (χ4v) is 3.32. The molecular weight excluding hydrogens is 410 g/mol. The number of hydrogen-bond donors (Lipinski definition) is 5. The van der Waals surface area contributed by atoms with Gasteiger partial charge in [-0.2, -0.15) is 0 Å². The second-order valence-corrected chi connectivity index (χ2v) is 7.41. The number of thioether (sulfide) groups is 1. The molecule has 0 saturated heterocycles. The van der Waals surface area contributed by atoms with E-state index in [-0.39, 0.29) is 29.9 Å². The number of nitrogens with one attached hydrogen (secondary N) is 4. The predicted octanol–water partition coefficient (Wildman–Crippen LogP) is -1.70. The lowest BCUT2D eigenvalue weighted by atomic mass is 10.1. The molecule has 164 valence electrons. The van der Waals surface area contributed by atoms with Gasteiger partial charge in [0, 0.05) is 26.1 Å². The number of amides is 5. The van der Waals surface area contributed by atoms with Crippen LogP contribution in [-0.4, -0.2) is 66.7 Å². The highest BCUT2D eigenvalue weighted by molar-refractivity contribution is 8.00. The molecule has 0 fully saturated rings. The van der Waals surface area contributed by atoms with Crippen molar-refractivity contribution < 1.29 is 24.0 Å². The maximum absolute atomic E-state index is 12.3. The van der Waals surface area contributed by atoms with E-state index in [0.29, 0.717) is 6.42 Å². The van der Waals surface area contributed by atoms with Crippen molar-refractivity contribution in [1.29, 1.82) is 0 Å². The monoisotopic (exact) mass is 437 g/mol. The number of hydrogen-bond acceptors (Lipinski definition) is 6. The Morgan fingerprint density at radius 1 is 1.00 bits per heavy atom. The largest absolute Gasteiger partial charge is 0.368 e. The van der Waals surface area contributed by atoms with Crippen molar-refractivity contribution in [2.45, 2.75) is 25.4 Å². The molecule has 1 rings (SSSR count). The van der Waals surface area contributed by atoms with Gasteiger partial charge in [0.05, 0.1) is 12.3 Å². The Morgan fingerprint density at radius 3 is 2.23 bits per heavy atom. The van der Waals surface area contributed by atoms with E-state index in [1.165, 1.54) is 14.0 Å². The van der Waals surface area contributed by atoms with Crippen molar-refractivity contribution in [1.82, 2.24) is 21.3 Å². The average molecular weight is 438 g/mol. The van der Waals surface area contributed by atoms with Crippen molar-refractivity contribution in [3.05, 3.63) is 35.9 Å². The average Bonchev–Trinajstić information content (AvgIpc) is 2.70. The number of primary amides is 1. The molecular formula is C19H27N5O5S. The summed E-state index contributed by atoms with van der Waals surface area (Å²) >= 11 is 1.11. The highest BCUT2D eigenvalue weighted by Crippen LogP contribution is 2.06. The van der Waals surface area contributed by atoms with Gasteiger partial charge in [-0.15, -0.1) is 11.8 Å². The summed E-state index contributed by atoms with van der Waals surface area (Å²) in [5.41, 5.74) is 5.89. The minimum absolute atomic E-state index is 0.0263. The molecule has 0 spiro atoms. The predicted molar refractivity (Wildman–Crippen MR) is 113 cm³/mol. The third-order valence-corrected chi connectivity index (χ3v) is 4.86. The summed E-state index contributed by atoms with van der Waals surface area (Å²) in [4.78, 5) is 58.6. The first-order valence-electron chi connectivity index (χ1n) is 9.18. The Hall–Kier alpha value is -3.08. The van der Waals surface area contributed by atoms with Crippen LogP contribution in [0, 0.1) is 0 Å². The van der Waals surface area contributed by atoms with E-state index in [1.54, 1.807) is 0 Å². The van der Waals surface area contributed by atoms with E-state index in [4.69, 9.17) is 5.73 Å². The van der Waals surface area contributed by atoms with Gasteiger partial charge >= 0.3 is 0 Å². The molecule has 0 aromatic heterocycles. The zero-order valence-corrected chi connectivity index (χ0v) is 17.7. The number of carbonyl (C=O) groups excluding carboxylic acids is 5. The highest BCUT2D eigenvalue weighted by Gasteiger charge is 2.22. The fraction of sp³-hybridized carbons (Fsp3) is 0.421. The molecule has 0 aliphatic heterocycles. The van der Waals surface area contributed by atoms with E-state index in [9.17, 15) is 24.0 Å². The zero-order valence-electron chi connectivity index (χ0n) is 16.9. The van der Waals surface area contributed by atoms with Gasteiger partial charge in [-0.3, -0.25) is 24.0 Å². The first kappa shape index (κ1) is 25.0. The summed E-state index contributed by atoms with van der Waals surface area (Å²) in [5.74, 6) is -2.35. The lowest BCUT2D eigenvalue weighted by Crippen LogP contribution is -2.50. The van der Waals surface area contributed by atoms with Crippen molar-refractivity contribution in [3.8, 4) is 0 Å². The Balaban J connectivity index is 2.59. The topological polar surface area (TPSA) is 159 Å². The smallest absolute Gasteiger partial charge is 0.243 e. The van der Waals surface area contributed by atoms with Gasteiger partial charge in [-0.05, 0) is 5.56 Å². The van der Waals surface area contributed by atoms with Crippen molar-refractivity contribution in [2.75, 3.05) is 25.1 Å². The van der Waals surface area contributed by atoms with Crippen LogP contribution < -0.4 is 27.0 Å². The Kier molecular flexibility index (Phi) is 11.0. The van der Waals surface area contributed by atoms with Crippen LogP contribution in [0.4, 0.5) is 0 Å². The van der Waals surface area contributed by atoms with E-state index < -0.39 is 29.8 Å². The molecule has 5 amide bonds. The molecule has 1 aromatic rings. The van der Waals surface area contributed by atoms with Crippen molar-refractivity contribution in [2.24, 2.45) is 5.73 Å². The number of rotatable bonds is 12. The summed E-state index contributed by atoms with van der Waals surface area (Å²) in [6.07, 6.45) is 0.334. The van der Waals surface area contributed by atoms with E-state index in [1.807, 2.05) is 30.3 Å². The first-order valence-corrected chi connectivity index (χ1v) is 10.3. The van der Waals surface area contributed by atoms with Gasteiger partial charge in [0.2, 0.25) is 29.5 Å². The van der Waals surface area contributed by atoms with Gasteiger partial charge in [-0.1, -0.05) is 30.3 Å². The molecule has 0 saturated carbocycles. The third-order valence-electron chi connectivity index (χ3n) is 3.83. The van der Waals surface area contributed by atoms with Crippen molar-refractivity contribution in [3.63, 3.8) is 0 Å². The minimum atomic E-state index is -0.932. The van der Waals surface area contributed by atoms with Gasteiger partial charge in [0.25, 0.3) is 0 Å². The summed E-state index contributed by atoms with van der Waals surface area (Å²) in [6.45, 7) is 0.899. The summed E-state index contributed by atoms with van der Waals surface area (Å²) in [7, 11) is 1.49. The maximum Gasteiger partial charge on any atom is 0.243 e. The van der Waals surface area contributed by atoms with Crippen LogP contribution in [0.25, 0.3) is 0 Å². The normalized spacial score (nSPS) is 12.2. The maximum atomic E-state index is 12.3. The molecule has 0 bridgehead atoms. The Labute approximate surface area is 179 Å². The van der Waals surface area contributed by atoms with Gasteiger partial charge in [-0.25, -0.2) is 0 Å².